The van der Waals surface area contributed by atoms with E-state index in [1.807, 2.05) is 6.08 Å². The Balaban J connectivity index is 1.52. The first kappa shape index (κ1) is 26.4. The minimum atomic E-state index is -0.970. The van der Waals surface area contributed by atoms with Crippen LogP contribution in [0.15, 0.2) is 47.6 Å². The molecule has 6 atom stereocenters. The van der Waals surface area contributed by atoms with Crippen LogP contribution in [0.3, 0.4) is 0 Å². The molecule has 0 aromatic rings. The Morgan fingerprint density at radius 2 is 1.91 bits per heavy atom. The van der Waals surface area contributed by atoms with Crippen LogP contribution in [0.25, 0.3) is 0 Å². The molecule has 5 nitrogen and oxygen atoms in total. The van der Waals surface area contributed by atoms with Gasteiger partial charge in [-0.25, -0.2) is 0 Å². The van der Waals surface area contributed by atoms with E-state index in [1.165, 1.54) is 38.4 Å². The minimum Gasteiger partial charge on any atom is -0.469 e. The lowest BCUT2D eigenvalue weighted by atomic mass is 9.60. The van der Waals surface area contributed by atoms with Gasteiger partial charge in [0.15, 0.2) is 0 Å². The second-order valence-electron chi connectivity index (χ2n) is 12.4. The van der Waals surface area contributed by atoms with Gasteiger partial charge in [-0.1, -0.05) is 43.4 Å². The van der Waals surface area contributed by atoms with E-state index in [0.717, 1.165) is 30.4 Å². The molecule has 3 N–H and O–H groups in total. The summed E-state index contributed by atoms with van der Waals surface area (Å²) in [7, 11) is 1.36. The number of aliphatic hydroxyl groups is 3. The number of carbonyl (C=O) groups excluding carboxylic acids is 1. The van der Waals surface area contributed by atoms with Crippen molar-refractivity contribution in [3.8, 4) is 0 Å². The van der Waals surface area contributed by atoms with Gasteiger partial charge in [0.05, 0.1) is 30.8 Å². The van der Waals surface area contributed by atoms with Crippen molar-refractivity contribution in [1.29, 1.82) is 0 Å². The molecule has 0 aromatic heterocycles. The van der Waals surface area contributed by atoms with Gasteiger partial charge in [0.2, 0.25) is 0 Å². The number of ether oxygens (including phenoxy) is 1. The normalized spacial score (nSPS) is 38.1. The average Bonchev–Trinajstić information content (AvgIpc) is 3.51. The summed E-state index contributed by atoms with van der Waals surface area (Å²) in [6, 6.07) is 0. The summed E-state index contributed by atoms with van der Waals surface area (Å²) in [6.45, 7) is 9.98. The summed E-state index contributed by atoms with van der Waals surface area (Å²) in [4.78, 5) is 12.1. The fraction of sp³-hybridized carbons (Fsp3) is 0.700. The van der Waals surface area contributed by atoms with Crippen molar-refractivity contribution in [1.82, 2.24) is 0 Å². The van der Waals surface area contributed by atoms with Crippen molar-refractivity contribution < 1.29 is 24.9 Å². The molecule has 0 saturated heterocycles. The summed E-state index contributed by atoms with van der Waals surface area (Å²) in [6.07, 6.45) is 15.4. The van der Waals surface area contributed by atoms with Crippen LogP contribution in [0.1, 0.15) is 78.6 Å². The smallest absolute Gasteiger partial charge is 0.314 e. The van der Waals surface area contributed by atoms with Crippen LogP contribution in [-0.4, -0.2) is 46.7 Å². The molecule has 194 valence electrons. The topological polar surface area (TPSA) is 87.0 Å². The van der Waals surface area contributed by atoms with Gasteiger partial charge in [-0.2, -0.15) is 0 Å². The Bertz CT molecular complexity index is 936. The van der Waals surface area contributed by atoms with Gasteiger partial charge in [0.1, 0.15) is 0 Å². The van der Waals surface area contributed by atoms with Gasteiger partial charge in [-0.05, 0) is 99.0 Å². The lowest BCUT2D eigenvalue weighted by Crippen LogP contribution is -2.38. The SMILES string of the molecule is C=C1/C(=C\C=C2/CCC[C@]3(C)[C@@H](C4(/C=C/[C@H](O)C(C)(C)C(=O)OC)CC4)CC[C@@H]23)C[C@@H](O)C[C@@H]1O. The van der Waals surface area contributed by atoms with Gasteiger partial charge in [-0.3, -0.25) is 4.79 Å². The number of carbonyl (C=O) groups is 1. The number of hydrogen-bond donors (Lipinski definition) is 3. The maximum Gasteiger partial charge on any atom is 0.314 e. The van der Waals surface area contributed by atoms with Crippen molar-refractivity contribution in [2.75, 3.05) is 7.11 Å². The fourth-order valence-electron chi connectivity index (χ4n) is 7.33. The highest BCUT2D eigenvalue weighted by molar-refractivity contribution is 5.76. The number of aliphatic hydroxyl groups excluding tert-OH is 3. The highest BCUT2D eigenvalue weighted by Crippen LogP contribution is 2.69. The number of rotatable bonds is 6. The summed E-state index contributed by atoms with van der Waals surface area (Å²) in [5, 5.41) is 31.0. The van der Waals surface area contributed by atoms with E-state index in [1.54, 1.807) is 13.8 Å². The third-order valence-electron chi connectivity index (χ3n) is 9.81. The van der Waals surface area contributed by atoms with E-state index in [0.29, 0.717) is 24.7 Å². The molecule has 0 heterocycles. The van der Waals surface area contributed by atoms with Gasteiger partial charge >= 0.3 is 5.97 Å². The highest BCUT2D eigenvalue weighted by Gasteiger charge is 2.60. The molecule has 0 unspecified atom stereocenters. The standard InChI is InChI=1S/C30H44O5/c1-19-21(17-22(31)18-24(19)32)9-8-20-7-6-13-29(4)23(20)10-11-25(29)30(15-16-30)14-12-26(33)28(2,3)27(34)35-5/h8-9,12,14,22-26,31-33H,1,6-7,10-11,13,15-18H2,2-5H3/b14-12+,20-8+,21-9-/t22-,23+,24+,25+,26+,29+/m1/s1. The highest BCUT2D eigenvalue weighted by atomic mass is 16.5. The molecule has 0 bridgehead atoms. The molecule has 0 aliphatic heterocycles. The molecule has 0 radical (unpaired) electrons. The van der Waals surface area contributed by atoms with Crippen LogP contribution < -0.4 is 0 Å². The Morgan fingerprint density at radius 3 is 2.57 bits per heavy atom. The molecule has 0 aromatic carbocycles. The number of esters is 1. The van der Waals surface area contributed by atoms with Crippen molar-refractivity contribution in [3.05, 3.63) is 47.6 Å². The van der Waals surface area contributed by atoms with Crippen molar-refractivity contribution in [2.45, 2.75) is 96.9 Å². The lowest BCUT2D eigenvalue weighted by Gasteiger charge is -2.45. The zero-order chi connectivity index (χ0) is 25.6. The minimum absolute atomic E-state index is 0.115. The van der Waals surface area contributed by atoms with Gasteiger partial charge in [-0.15, -0.1) is 0 Å². The monoisotopic (exact) mass is 484 g/mol. The van der Waals surface area contributed by atoms with Crippen LogP contribution >= 0.6 is 0 Å². The molecule has 4 saturated carbocycles. The Kier molecular flexibility index (Phi) is 7.27. The summed E-state index contributed by atoms with van der Waals surface area (Å²) in [5.74, 6) is 0.700. The third kappa shape index (κ3) is 4.84. The zero-order valence-electron chi connectivity index (χ0n) is 21.9. The number of methoxy groups -OCH3 is 1. The second kappa shape index (κ2) is 9.64. The predicted octanol–water partition coefficient (Wildman–Crippen LogP) is 5.02. The third-order valence-corrected chi connectivity index (χ3v) is 9.81. The lowest BCUT2D eigenvalue weighted by molar-refractivity contribution is -0.155. The number of hydrogen-bond acceptors (Lipinski definition) is 5. The number of allylic oxidation sites excluding steroid dienone is 4. The van der Waals surface area contributed by atoms with Crippen LogP contribution in [0.2, 0.25) is 0 Å². The zero-order valence-corrected chi connectivity index (χ0v) is 21.9. The van der Waals surface area contributed by atoms with Crippen LogP contribution in [-0.2, 0) is 9.53 Å². The van der Waals surface area contributed by atoms with Crippen molar-refractivity contribution >= 4 is 5.97 Å². The van der Waals surface area contributed by atoms with E-state index >= 15 is 0 Å². The van der Waals surface area contributed by atoms with E-state index in [9.17, 15) is 20.1 Å². The fourth-order valence-corrected chi connectivity index (χ4v) is 7.33. The first-order valence-corrected chi connectivity index (χ1v) is 13.4. The molecular weight excluding hydrogens is 440 g/mol. The Labute approximate surface area is 210 Å². The van der Waals surface area contributed by atoms with E-state index in [4.69, 9.17) is 4.74 Å². The van der Waals surface area contributed by atoms with Crippen molar-refractivity contribution in [2.24, 2.45) is 28.1 Å². The largest absolute Gasteiger partial charge is 0.469 e. The van der Waals surface area contributed by atoms with Crippen LogP contribution in [0.4, 0.5) is 0 Å². The van der Waals surface area contributed by atoms with Gasteiger partial charge < -0.3 is 20.1 Å². The second-order valence-corrected chi connectivity index (χ2v) is 12.4. The van der Waals surface area contributed by atoms with Crippen LogP contribution in [0.5, 0.6) is 0 Å². The molecule has 4 fully saturated rings. The summed E-state index contributed by atoms with van der Waals surface area (Å²) in [5.41, 5.74) is 2.56. The van der Waals surface area contributed by atoms with Crippen LogP contribution in [0, 0.1) is 28.1 Å². The molecule has 0 spiro atoms. The molecule has 0 amide bonds. The van der Waals surface area contributed by atoms with Crippen molar-refractivity contribution in [3.63, 3.8) is 0 Å². The molecule has 4 aliphatic rings. The predicted molar refractivity (Wildman–Crippen MR) is 137 cm³/mol. The Morgan fingerprint density at radius 1 is 1.20 bits per heavy atom. The molecule has 4 aliphatic carbocycles. The molecular formula is C30H44O5. The summed E-state index contributed by atoms with van der Waals surface area (Å²) >= 11 is 0. The molecule has 35 heavy (non-hydrogen) atoms. The van der Waals surface area contributed by atoms with E-state index in [-0.39, 0.29) is 10.8 Å². The molecule has 5 heteroatoms. The first-order valence-electron chi connectivity index (χ1n) is 13.4. The molecule has 4 rings (SSSR count). The average molecular weight is 485 g/mol. The quantitative estimate of drug-likeness (QED) is 0.364. The maximum atomic E-state index is 12.1. The maximum absolute atomic E-state index is 12.1. The van der Waals surface area contributed by atoms with E-state index in [2.05, 4.69) is 31.7 Å². The Hall–Kier alpha value is -1.69. The number of fused-ring (bicyclic) bond motifs is 1. The van der Waals surface area contributed by atoms with Gasteiger partial charge in [0, 0.05) is 6.42 Å². The first-order chi connectivity index (χ1) is 16.4. The van der Waals surface area contributed by atoms with E-state index < -0.39 is 29.7 Å². The summed E-state index contributed by atoms with van der Waals surface area (Å²) < 4.78 is 4.89. The van der Waals surface area contributed by atoms with Gasteiger partial charge in [0.25, 0.3) is 0 Å².